The molecular weight excluding hydrogens is 677 g/mol. The number of benzene rings is 8. The van der Waals surface area contributed by atoms with E-state index in [1.807, 2.05) is 0 Å². The van der Waals surface area contributed by atoms with Gasteiger partial charge in [0.15, 0.2) is 0 Å². The molecule has 1 unspecified atom stereocenters. The minimum atomic E-state index is -0.196. The van der Waals surface area contributed by atoms with E-state index < -0.39 is 0 Å². The Morgan fingerprint density at radius 1 is 0.518 bits per heavy atom. The first-order valence-electron chi connectivity index (χ1n) is 20.0. The van der Waals surface area contributed by atoms with Gasteiger partial charge >= 0.3 is 0 Å². The van der Waals surface area contributed by atoms with Crippen LogP contribution in [-0.4, -0.2) is 0 Å². The van der Waals surface area contributed by atoms with Crippen molar-refractivity contribution in [1.82, 2.24) is 0 Å². The highest BCUT2D eigenvalue weighted by atomic mass is 15.2. The molecule has 0 N–H and O–H groups in total. The second-order valence-corrected chi connectivity index (χ2v) is 16.9. The van der Waals surface area contributed by atoms with Gasteiger partial charge in [0.05, 0.1) is 23.1 Å². The molecule has 0 amide bonds. The number of nitrogens with zero attached hydrogens (tertiary/aromatic N) is 2. The van der Waals surface area contributed by atoms with Crippen LogP contribution in [0.4, 0.5) is 28.4 Å². The van der Waals surface area contributed by atoms with Crippen LogP contribution in [0.15, 0.2) is 170 Å². The molecule has 2 heteroatoms. The van der Waals surface area contributed by atoms with Gasteiger partial charge in [-0.05, 0) is 92.0 Å². The van der Waals surface area contributed by atoms with E-state index in [4.69, 9.17) is 0 Å². The van der Waals surface area contributed by atoms with E-state index >= 15 is 0 Å². The number of para-hydroxylation sites is 2. The lowest BCUT2D eigenvalue weighted by Crippen LogP contribution is -2.38. The van der Waals surface area contributed by atoms with Gasteiger partial charge in [-0.25, -0.2) is 0 Å². The van der Waals surface area contributed by atoms with E-state index in [2.05, 4.69) is 213 Å². The molecule has 0 spiro atoms. The molecule has 3 aliphatic rings. The second kappa shape index (κ2) is 12.1. The monoisotopic (exact) mass is 720 g/mol. The fraction of sp³-hybridized carbons (Fsp3) is 0.148. The summed E-state index contributed by atoms with van der Waals surface area (Å²) in [7, 11) is 0. The van der Waals surface area contributed by atoms with Gasteiger partial charge in [-0.3, -0.25) is 0 Å². The smallest absolute Gasteiger partial charge is 0.0632 e. The molecule has 8 aromatic carbocycles. The van der Waals surface area contributed by atoms with Crippen molar-refractivity contribution >= 4 is 56.1 Å². The molecule has 0 saturated carbocycles. The van der Waals surface area contributed by atoms with Crippen LogP contribution < -0.4 is 9.80 Å². The normalized spacial score (nSPS) is 16.9. The predicted octanol–water partition coefficient (Wildman–Crippen LogP) is 14.7. The molecule has 2 nitrogen and oxygen atoms in total. The van der Waals surface area contributed by atoms with Crippen molar-refractivity contribution < 1.29 is 0 Å². The molecule has 11 rings (SSSR count). The molecule has 0 fully saturated rings. The first-order valence-corrected chi connectivity index (χ1v) is 20.0. The average molecular weight is 721 g/mol. The Hall–Kier alpha value is -6.38. The first kappa shape index (κ1) is 33.0. The van der Waals surface area contributed by atoms with E-state index in [0.717, 1.165) is 6.42 Å². The minimum Gasteiger partial charge on any atom is -0.332 e. The van der Waals surface area contributed by atoms with Crippen LogP contribution in [0.2, 0.25) is 0 Å². The first-order chi connectivity index (χ1) is 27.3. The van der Waals surface area contributed by atoms with E-state index in [9.17, 15) is 0 Å². The van der Waals surface area contributed by atoms with E-state index in [0.29, 0.717) is 0 Å². The molecule has 270 valence electrons. The summed E-state index contributed by atoms with van der Waals surface area (Å²) in [5.41, 5.74) is 16.7. The van der Waals surface area contributed by atoms with Crippen LogP contribution in [-0.2, 0) is 10.8 Å². The molecule has 0 radical (unpaired) electrons. The molecule has 1 aliphatic carbocycles. The van der Waals surface area contributed by atoms with Crippen molar-refractivity contribution in [2.75, 3.05) is 9.80 Å². The van der Waals surface area contributed by atoms with Gasteiger partial charge in [0.1, 0.15) is 0 Å². The molecule has 0 aromatic heterocycles. The van der Waals surface area contributed by atoms with E-state index in [1.54, 1.807) is 0 Å². The lowest BCUT2D eigenvalue weighted by Gasteiger charge is -2.49. The summed E-state index contributed by atoms with van der Waals surface area (Å²) in [6.45, 7) is 9.58. The summed E-state index contributed by atoms with van der Waals surface area (Å²) in [5.74, 6) is 0. The van der Waals surface area contributed by atoms with Gasteiger partial charge in [-0.2, -0.15) is 0 Å². The van der Waals surface area contributed by atoms with E-state index in [1.165, 1.54) is 94.5 Å². The van der Waals surface area contributed by atoms with Gasteiger partial charge in [0.2, 0.25) is 0 Å². The second-order valence-electron chi connectivity index (χ2n) is 16.9. The van der Waals surface area contributed by atoms with Crippen LogP contribution in [0.5, 0.6) is 0 Å². The molecule has 2 heterocycles. The number of rotatable bonds is 4. The van der Waals surface area contributed by atoms with Gasteiger partial charge in [0.25, 0.3) is 0 Å². The quantitative estimate of drug-likeness (QED) is 0.179. The largest absolute Gasteiger partial charge is 0.332 e. The van der Waals surface area contributed by atoms with Gasteiger partial charge in [-0.15, -0.1) is 0 Å². The Morgan fingerprint density at radius 2 is 1.14 bits per heavy atom. The van der Waals surface area contributed by atoms with E-state index in [-0.39, 0.29) is 16.9 Å². The Morgan fingerprint density at radius 3 is 2.00 bits per heavy atom. The SMILES string of the molecule is CC1(C)c2ccccc2N2c3ccc(-c4ccc(N(c5cccc6ccccc56)C5CC=Cc6ccccc65)c5ccccc45)cc3C(C)(C)c3cccc1c32. The summed E-state index contributed by atoms with van der Waals surface area (Å²) >= 11 is 0. The van der Waals surface area contributed by atoms with Crippen molar-refractivity contribution in [3.05, 3.63) is 203 Å². The highest BCUT2D eigenvalue weighted by molar-refractivity contribution is 6.07. The molecule has 56 heavy (non-hydrogen) atoms. The molecule has 1 atom stereocenters. The lowest BCUT2D eigenvalue weighted by atomic mass is 9.66. The maximum absolute atomic E-state index is 2.62. The highest BCUT2D eigenvalue weighted by Crippen LogP contribution is 2.60. The lowest BCUT2D eigenvalue weighted by molar-refractivity contribution is 0.597. The van der Waals surface area contributed by atoms with Crippen LogP contribution in [0.1, 0.15) is 73.5 Å². The Balaban J connectivity index is 1.11. The van der Waals surface area contributed by atoms with Crippen molar-refractivity contribution in [1.29, 1.82) is 0 Å². The third-order valence-electron chi connectivity index (χ3n) is 13.2. The van der Waals surface area contributed by atoms with Crippen molar-refractivity contribution in [3.8, 4) is 11.1 Å². The van der Waals surface area contributed by atoms with Gasteiger partial charge in [0, 0.05) is 33.0 Å². The van der Waals surface area contributed by atoms with Crippen LogP contribution in [0, 0.1) is 0 Å². The molecule has 0 bridgehead atoms. The van der Waals surface area contributed by atoms with Crippen LogP contribution in [0.25, 0.3) is 38.7 Å². The van der Waals surface area contributed by atoms with Crippen molar-refractivity contribution in [2.45, 2.75) is 51.0 Å². The number of hydrogen-bond donors (Lipinski definition) is 0. The standard InChI is InChI=1S/C54H44N2/c1-53(2)43-24-11-12-27-50(43)56-51-32-30-37(34-46(51)54(3,4)45-26-15-25-44(53)52(45)56)38-31-33-49(42-23-10-9-22-41(38)42)55(47-28-13-18-35-16-5-7-20-39(35)47)48-29-14-19-36-17-6-8-21-40(36)48/h5-28,30-34,48H,29H2,1-4H3. The average Bonchev–Trinajstić information content (AvgIpc) is 3.24. The maximum atomic E-state index is 2.62. The fourth-order valence-electron chi connectivity index (χ4n) is 10.3. The summed E-state index contributed by atoms with van der Waals surface area (Å²) in [5, 5.41) is 5.03. The topological polar surface area (TPSA) is 6.48 Å². The zero-order chi connectivity index (χ0) is 37.8. The Labute approximate surface area is 330 Å². The fourth-order valence-corrected chi connectivity index (χ4v) is 10.3. The van der Waals surface area contributed by atoms with Crippen molar-refractivity contribution in [3.63, 3.8) is 0 Å². The number of hydrogen-bond acceptors (Lipinski definition) is 2. The zero-order valence-electron chi connectivity index (χ0n) is 32.4. The van der Waals surface area contributed by atoms with Crippen LogP contribution in [0.3, 0.4) is 0 Å². The summed E-state index contributed by atoms with van der Waals surface area (Å²) in [4.78, 5) is 5.17. The third kappa shape index (κ3) is 4.62. The molecule has 0 saturated heterocycles. The third-order valence-corrected chi connectivity index (χ3v) is 13.2. The summed E-state index contributed by atoms with van der Waals surface area (Å²) in [6.07, 6.45) is 5.56. The van der Waals surface area contributed by atoms with Crippen molar-refractivity contribution in [2.24, 2.45) is 0 Å². The maximum Gasteiger partial charge on any atom is 0.0632 e. The molecule has 8 aromatic rings. The van der Waals surface area contributed by atoms with Crippen LogP contribution >= 0.6 is 0 Å². The summed E-state index contributed by atoms with van der Waals surface area (Å²) in [6, 6.07) is 61.6. The Bertz CT molecular complexity index is 2920. The molecule has 2 aliphatic heterocycles. The number of anilines is 5. The molecular formula is C54H44N2. The highest BCUT2D eigenvalue weighted by Gasteiger charge is 2.45. The van der Waals surface area contributed by atoms with Gasteiger partial charge in [-0.1, -0.05) is 173 Å². The minimum absolute atomic E-state index is 0.0947. The Kier molecular flexibility index (Phi) is 7.11. The summed E-state index contributed by atoms with van der Waals surface area (Å²) < 4.78 is 0. The number of fused-ring (bicyclic) bond motifs is 7. The van der Waals surface area contributed by atoms with Gasteiger partial charge < -0.3 is 9.80 Å². The zero-order valence-corrected chi connectivity index (χ0v) is 32.4. The predicted molar refractivity (Wildman–Crippen MR) is 237 cm³/mol.